The van der Waals surface area contributed by atoms with Crippen LogP contribution in [0.15, 0.2) is 54.7 Å². The van der Waals surface area contributed by atoms with Crippen LogP contribution in [0.25, 0.3) is 28.0 Å². The second kappa shape index (κ2) is 9.71. The standard InChI is InChI=1S/C27H25FN10O/c1-14(2)27(39)34-18-6-17(7-29-9-18)23-22(28)21-16(8-31-23)4-5-33-37-25(21)26-35-19-10-30-11-20(24(19)36-26)38-12-15(3)32-13-38/h6-14,33H,4-5H2,1-3H3,(H,34,39)(H,35,36). The number of rotatable bonds is 5. The van der Waals surface area contributed by atoms with Crippen LogP contribution in [0, 0.1) is 18.7 Å². The van der Waals surface area contributed by atoms with Gasteiger partial charge in [0.15, 0.2) is 11.6 Å². The van der Waals surface area contributed by atoms with Crippen LogP contribution in [0.3, 0.4) is 0 Å². The first kappa shape index (κ1) is 24.3. The fraction of sp³-hybridized carbons (Fsp3) is 0.222. The number of anilines is 1. The van der Waals surface area contributed by atoms with Crippen LogP contribution >= 0.6 is 0 Å². The minimum atomic E-state index is -0.548. The lowest BCUT2D eigenvalue weighted by Gasteiger charge is -2.13. The van der Waals surface area contributed by atoms with Crippen molar-refractivity contribution in [3.8, 4) is 16.9 Å². The number of hydrogen-bond donors (Lipinski definition) is 3. The largest absolute Gasteiger partial charge is 0.335 e. The Kier molecular flexibility index (Phi) is 6.06. The third-order valence-corrected chi connectivity index (χ3v) is 6.42. The number of pyridine rings is 3. The Morgan fingerprint density at radius 3 is 2.77 bits per heavy atom. The van der Waals surface area contributed by atoms with Gasteiger partial charge in [0, 0.05) is 42.2 Å². The lowest BCUT2D eigenvalue weighted by Crippen LogP contribution is -2.18. The van der Waals surface area contributed by atoms with Crippen molar-refractivity contribution in [3.05, 3.63) is 78.0 Å². The molecule has 1 aliphatic rings. The van der Waals surface area contributed by atoms with Gasteiger partial charge in [0.1, 0.15) is 16.9 Å². The number of nitrogens with zero attached hydrogens (tertiary/aromatic N) is 7. The van der Waals surface area contributed by atoms with Crippen molar-refractivity contribution in [2.75, 3.05) is 11.9 Å². The maximum Gasteiger partial charge on any atom is 0.226 e. The lowest BCUT2D eigenvalue weighted by molar-refractivity contribution is -0.118. The van der Waals surface area contributed by atoms with E-state index in [0.717, 1.165) is 11.4 Å². The molecule has 0 aromatic carbocycles. The second-order valence-corrected chi connectivity index (χ2v) is 9.61. The number of hydrogen-bond acceptors (Lipinski definition) is 8. The molecule has 0 spiro atoms. The van der Waals surface area contributed by atoms with Crippen molar-refractivity contribution in [3.63, 3.8) is 0 Å². The van der Waals surface area contributed by atoms with Crippen LogP contribution in [0.1, 0.15) is 36.5 Å². The number of fused-ring (bicyclic) bond motifs is 2. The van der Waals surface area contributed by atoms with Crippen LogP contribution in [0.5, 0.6) is 0 Å². The van der Waals surface area contributed by atoms with Gasteiger partial charge in [-0.3, -0.25) is 19.7 Å². The minimum Gasteiger partial charge on any atom is -0.335 e. The summed E-state index contributed by atoms with van der Waals surface area (Å²) in [6, 6.07) is 1.66. The Morgan fingerprint density at radius 1 is 1.13 bits per heavy atom. The Labute approximate surface area is 222 Å². The summed E-state index contributed by atoms with van der Waals surface area (Å²) < 4.78 is 18.2. The number of carbonyl (C=O) groups excluding carboxylic acids is 1. The monoisotopic (exact) mass is 524 g/mol. The fourth-order valence-corrected chi connectivity index (χ4v) is 4.42. The van der Waals surface area contributed by atoms with Crippen molar-refractivity contribution in [1.29, 1.82) is 0 Å². The van der Waals surface area contributed by atoms with Crippen LogP contribution < -0.4 is 10.7 Å². The molecule has 0 atom stereocenters. The van der Waals surface area contributed by atoms with E-state index in [0.29, 0.717) is 57.9 Å². The SMILES string of the molecule is Cc1cn(-c2cncc3[nH]c(C4=NNCCc5cnc(-c6cncc(NC(=O)C(C)C)c6)c(F)c54)nc23)cn1. The van der Waals surface area contributed by atoms with Gasteiger partial charge in [-0.25, -0.2) is 14.4 Å². The van der Waals surface area contributed by atoms with E-state index in [4.69, 9.17) is 4.98 Å². The number of amides is 1. The molecule has 1 aliphatic heterocycles. The van der Waals surface area contributed by atoms with Gasteiger partial charge in [-0.05, 0) is 25.0 Å². The summed E-state index contributed by atoms with van der Waals surface area (Å²) in [5.74, 6) is -0.527. The number of carbonyl (C=O) groups is 1. The number of aryl methyl sites for hydroxylation is 1. The second-order valence-electron chi connectivity index (χ2n) is 9.61. The maximum atomic E-state index is 16.3. The molecule has 1 amide bonds. The topological polar surface area (TPSA) is 139 Å². The van der Waals surface area contributed by atoms with E-state index in [1.165, 1.54) is 12.4 Å². The molecule has 39 heavy (non-hydrogen) atoms. The van der Waals surface area contributed by atoms with Crippen LogP contribution in [0.2, 0.25) is 0 Å². The number of aromatic nitrogens is 7. The molecule has 6 rings (SSSR count). The molecule has 5 aromatic heterocycles. The van der Waals surface area contributed by atoms with Crippen molar-refractivity contribution >= 4 is 28.3 Å². The summed E-state index contributed by atoms with van der Waals surface area (Å²) in [6.07, 6.45) is 12.2. The number of halogens is 1. The van der Waals surface area contributed by atoms with E-state index < -0.39 is 5.82 Å². The first-order valence-corrected chi connectivity index (χ1v) is 12.5. The summed E-state index contributed by atoms with van der Waals surface area (Å²) in [4.78, 5) is 37.5. The molecule has 6 heterocycles. The van der Waals surface area contributed by atoms with Crippen molar-refractivity contribution in [1.82, 2.24) is 39.9 Å². The van der Waals surface area contributed by atoms with Gasteiger partial charge in [-0.2, -0.15) is 5.10 Å². The number of nitrogens with one attached hydrogen (secondary N) is 3. The van der Waals surface area contributed by atoms with E-state index in [9.17, 15) is 4.79 Å². The summed E-state index contributed by atoms with van der Waals surface area (Å²) in [6.45, 7) is 6.00. The first-order valence-electron chi connectivity index (χ1n) is 12.5. The fourth-order valence-electron chi connectivity index (χ4n) is 4.42. The van der Waals surface area contributed by atoms with E-state index in [-0.39, 0.29) is 17.5 Å². The molecule has 0 aliphatic carbocycles. The van der Waals surface area contributed by atoms with Gasteiger partial charge >= 0.3 is 0 Å². The predicted molar refractivity (Wildman–Crippen MR) is 144 cm³/mol. The normalized spacial score (nSPS) is 13.1. The summed E-state index contributed by atoms with van der Waals surface area (Å²) >= 11 is 0. The zero-order chi connectivity index (χ0) is 27.1. The quantitative estimate of drug-likeness (QED) is 0.320. The van der Waals surface area contributed by atoms with Gasteiger partial charge < -0.3 is 20.3 Å². The minimum absolute atomic E-state index is 0.101. The molecule has 0 unspecified atom stereocenters. The molecule has 0 fully saturated rings. The third-order valence-electron chi connectivity index (χ3n) is 6.42. The number of hydrazone groups is 1. The molecule has 0 radical (unpaired) electrons. The average Bonchev–Trinajstić information content (AvgIpc) is 3.49. The molecule has 5 aromatic rings. The van der Waals surface area contributed by atoms with Gasteiger partial charge in [0.2, 0.25) is 5.91 Å². The third kappa shape index (κ3) is 4.49. The zero-order valence-electron chi connectivity index (χ0n) is 21.5. The maximum absolute atomic E-state index is 16.3. The molecule has 11 nitrogen and oxygen atoms in total. The average molecular weight is 525 g/mol. The first-order chi connectivity index (χ1) is 18.9. The summed E-state index contributed by atoms with van der Waals surface area (Å²) in [5.41, 5.74) is 8.24. The zero-order valence-corrected chi connectivity index (χ0v) is 21.5. The number of imidazole rings is 2. The van der Waals surface area contributed by atoms with Gasteiger partial charge in [0.05, 0.1) is 47.5 Å². The van der Waals surface area contributed by atoms with E-state index in [2.05, 4.69) is 40.8 Å². The van der Waals surface area contributed by atoms with Crippen molar-refractivity contribution in [2.45, 2.75) is 27.2 Å². The number of aromatic amines is 1. The Morgan fingerprint density at radius 2 is 1.97 bits per heavy atom. The molecule has 0 saturated heterocycles. The van der Waals surface area contributed by atoms with Crippen LogP contribution in [-0.4, -0.2) is 52.6 Å². The lowest BCUT2D eigenvalue weighted by atomic mass is 9.99. The molecule has 3 N–H and O–H groups in total. The highest BCUT2D eigenvalue weighted by atomic mass is 19.1. The van der Waals surface area contributed by atoms with Crippen molar-refractivity contribution in [2.24, 2.45) is 11.0 Å². The van der Waals surface area contributed by atoms with Crippen LogP contribution in [0.4, 0.5) is 10.1 Å². The van der Waals surface area contributed by atoms with E-state index in [1.807, 2.05) is 17.7 Å². The van der Waals surface area contributed by atoms with Gasteiger partial charge in [0.25, 0.3) is 0 Å². The highest BCUT2D eigenvalue weighted by Gasteiger charge is 2.26. The van der Waals surface area contributed by atoms with Gasteiger partial charge in [-0.1, -0.05) is 13.8 Å². The molecule has 12 heteroatoms. The van der Waals surface area contributed by atoms with Crippen LogP contribution in [-0.2, 0) is 11.2 Å². The smallest absolute Gasteiger partial charge is 0.226 e. The van der Waals surface area contributed by atoms with Gasteiger partial charge in [-0.15, -0.1) is 0 Å². The molecule has 0 saturated carbocycles. The summed E-state index contributed by atoms with van der Waals surface area (Å²) in [5, 5.41) is 7.30. The van der Waals surface area contributed by atoms with E-state index in [1.54, 1.807) is 44.8 Å². The number of H-pyrrole nitrogens is 1. The Balaban J connectivity index is 1.45. The molecular weight excluding hydrogens is 499 g/mol. The summed E-state index contributed by atoms with van der Waals surface area (Å²) in [7, 11) is 0. The highest BCUT2D eigenvalue weighted by Crippen LogP contribution is 2.30. The molecular formula is C27H25FN10O. The molecule has 196 valence electrons. The highest BCUT2D eigenvalue weighted by molar-refractivity contribution is 6.13. The van der Waals surface area contributed by atoms with Crippen molar-refractivity contribution < 1.29 is 9.18 Å². The predicted octanol–water partition coefficient (Wildman–Crippen LogP) is 3.54. The molecule has 0 bridgehead atoms. The Bertz CT molecular complexity index is 1750. The Hall–Kier alpha value is -5.00. The van der Waals surface area contributed by atoms with E-state index >= 15 is 4.39 Å².